The lowest BCUT2D eigenvalue weighted by Crippen LogP contribution is -2.50. The molecule has 158 valence electrons. The van der Waals surface area contributed by atoms with Crippen molar-refractivity contribution in [3.63, 3.8) is 0 Å². The molecular formula is C21H25N4O5+. The molecule has 1 fully saturated rings. The van der Waals surface area contributed by atoms with Crippen molar-refractivity contribution in [1.29, 1.82) is 0 Å². The van der Waals surface area contributed by atoms with Crippen LogP contribution in [0.25, 0.3) is 0 Å². The first kappa shape index (κ1) is 21.4. The SMILES string of the molecule is CC(=O)N[C@@H](c1cccc([N+](=O)[O-])c1)C(c1ccccc1[N+](=O)[O-])[N+]1(C)CCCC1. The van der Waals surface area contributed by atoms with Crippen LogP contribution in [-0.4, -0.2) is 40.4 Å². The number of non-ortho nitro benzene ring substituents is 1. The molecule has 9 nitrogen and oxygen atoms in total. The molecule has 0 aliphatic carbocycles. The Bertz CT molecular complexity index is 971. The van der Waals surface area contributed by atoms with E-state index in [0.29, 0.717) is 15.6 Å². The predicted octanol–water partition coefficient (Wildman–Crippen LogP) is 3.66. The molecule has 0 saturated carbocycles. The monoisotopic (exact) mass is 413 g/mol. The third-order valence-electron chi connectivity index (χ3n) is 5.83. The van der Waals surface area contributed by atoms with Crippen LogP contribution in [0.3, 0.4) is 0 Å². The third-order valence-corrected chi connectivity index (χ3v) is 5.83. The fraction of sp³-hybridized carbons (Fsp3) is 0.381. The normalized spacial score (nSPS) is 17.1. The topological polar surface area (TPSA) is 115 Å². The Kier molecular flexibility index (Phi) is 6.12. The predicted molar refractivity (Wildman–Crippen MR) is 111 cm³/mol. The van der Waals surface area contributed by atoms with E-state index in [-0.39, 0.29) is 17.3 Å². The van der Waals surface area contributed by atoms with Gasteiger partial charge in [-0.1, -0.05) is 24.3 Å². The highest BCUT2D eigenvalue weighted by atomic mass is 16.6. The quantitative estimate of drug-likeness (QED) is 0.422. The first-order chi connectivity index (χ1) is 14.2. The molecule has 1 heterocycles. The van der Waals surface area contributed by atoms with E-state index in [4.69, 9.17) is 0 Å². The first-order valence-corrected chi connectivity index (χ1v) is 9.82. The number of likely N-dealkylation sites (N-methyl/N-ethyl adjacent to an activating group) is 1. The summed E-state index contributed by atoms with van der Waals surface area (Å²) in [7, 11) is 2.03. The Hall–Kier alpha value is -3.33. The molecule has 1 N–H and O–H groups in total. The lowest BCUT2D eigenvalue weighted by atomic mass is 9.89. The van der Waals surface area contributed by atoms with E-state index in [1.165, 1.54) is 25.1 Å². The number of amides is 1. The van der Waals surface area contributed by atoms with E-state index >= 15 is 0 Å². The summed E-state index contributed by atoms with van der Waals surface area (Å²) in [5.74, 6) is -0.305. The number of carbonyl (C=O) groups is 1. The zero-order valence-electron chi connectivity index (χ0n) is 17.0. The molecule has 1 saturated heterocycles. The van der Waals surface area contributed by atoms with Gasteiger partial charge in [0, 0.05) is 38.0 Å². The number of likely N-dealkylation sites (tertiary alicyclic amines) is 1. The number of hydrogen-bond donors (Lipinski definition) is 1. The highest BCUT2D eigenvalue weighted by Gasteiger charge is 2.46. The number of quaternary nitrogens is 1. The van der Waals surface area contributed by atoms with Crippen molar-refractivity contribution < 1.29 is 19.1 Å². The van der Waals surface area contributed by atoms with Crippen LogP contribution in [0.2, 0.25) is 0 Å². The van der Waals surface area contributed by atoms with Crippen molar-refractivity contribution >= 4 is 17.3 Å². The number of nitrogens with one attached hydrogen (secondary N) is 1. The van der Waals surface area contributed by atoms with Crippen molar-refractivity contribution in [1.82, 2.24) is 5.32 Å². The molecule has 2 aromatic carbocycles. The Morgan fingerprint density at radius 2 is 1.70 bits per heavy atom. The maximum Gasteiger partial charge on any atom is 0.278 e. The molecule has 1 amide bonds. The summed E-state index contributed by atoms with van der Waals surface area (Å²) in [5, 5.41) is 26.0. The Morgan fingerprint density at radius 3 is 2.30 bits per heavy atom. The van der Waals surface area contributed by atoms with E-state index < -0.39 is 21.9 Å². The summed E-state index contributed by atoms with van der Waals surface area (Å²) in [6, 6.07) is 11.5. The van der Waals surface area contributed by atoms with Crippen molar-refractivity contribution in [2.24, 2.45) is 0 Å². The fourth-order valence-corrected chi connectivity index (χ4v) is 4.51. The van der Waals surface area contributed by atoms with E-state index in [9.17, 15) is 25.0 Å². The van der Waals surface area contributed by atoms with E-state index in [0.717, 1.165) is 25.9 Å². The van der Waals surface area contributed by atoms with Gasteiger partial charge >= 0.3 is 0 Å². The molecule has 0 aromatic heterocycles. The zero-order valence-corrected chi connectivity index (χ0v) is 17.0. The number of para-hydroxylation sites is 1. The van der Waals surface area contributed by atoms with Crippen molar-refractivity contribution in [2.45, 2.75) is 31.8 Å². The number of nitro benzene ring substituents is 2. The average molecular weight is 413 g/mol. The van der Waals surface area contributed by atoms with Gasteiger partial charge < -0.3 is 9.80 Å². The average Bonchev–Trinajstić information content (AvgIpc) is 3.14. The van der Waals surface area contributed by atoms with Crippen molar-refractivity contribution in [3.8, 4) is 0 Å². The van der Waals surface area contributed by atoms with Gasteiger partial charge in [0.2, 0.25) is 5.91 Å². The third kappa shape index (κ3) is 4.30. The van der Waals surface area contributed by atoms with Gasteiger partial charge in [0.25, 0.3) is 11.4 Å². The molecule has 1 unspecified atom stereocenters. The summed E-state index contributed by atoms with van der Waals surface area (Å²) >= 11 is 0. The molecule has 2 aromatic rings. The molecule has 0 radical (unpaired) electrons. The number of rotatable bonds is 7. The fourth-order valence-electron chi connectivity index (χ4n) is 4.51. The Labute approximate surface area is 174 Å². The van der Waals surface area contributed by atoms with Crippen LogP contribution >= 0.6 is 0 Å². The molecule has 1 aliphatic heterocycles. The Balaban J connectivity index is 2.23. The maximum absolute atomic E-state index is 12.1. The highest BCUT2D eigenvalue weighted by Crippen LogP contribution is 2.44. The van der Waals surface area contributed by atoms with Crippen molar-refractivity contribution in [3.05, 3.63) is 79.9 Å². The number of benzene rings is 2. The van der Waals surface area contributed by atoms with Gasteiger partial charge in [-0.2, -0.15) is 0 Å². The summed E-state index contributed by atoms with van der Waals surface area (Å²) < 4.78 is 0.499. The van der Waals surface area contributed by atoms with Gasteiger partial charge in [0.15, 0.2) is 0 Å². The van der Waals surface area contributed by atoms with Crippen LogP contribution in [-0.2, 0) is 4.79 Å². The van der Waals surface area contributed by atoms with Crippen molar-refractivity contribution in [2.75, 3.05) is 20.1 Å². The highest BCUT2D eigenvalue weighted by molar-refractivity contribution is 5.73. The van der Waals surface area contributed by atoms with E-state index in [1.54, 1.807) is 30.3 Å². The second kappa shape index (κ2) is 8.58. The minimum absolute atomic E-state index is 0.0190. The minimum Gasteiger partial charge on any atom is -0.343 e. The number of nitro groups is 2. The van der Waals surface area contributed by atoms with Crippen LogP contribution in [0.5, 0.6) is 0 Å². The standard InChI is InChI=1S/C21H24N4O5/c1-15(26)22-20(16-8-7-9-17(14-16)23(27)28)21(25(2)12-5-6-13-25)18-10-3-4-11-19(18)24(29)30/h3-4,7-11,14,20-21H,5-6,12-13H2,1-2H3/p+1/t20-,21?/m0/s1. The molecule has 9 heteroatoms. The molecular weight excluding hydrogens is 388 g/mol. The van der Waals surface area contributed by atoms with E-state index in [2.05, 4.69) is 5.32 Å². The largest absolute Gasteiger partial charge is 0.343 e. The van der Waals surface area contributed by atoms with Gasteiger partial charge in [-0.3, -0.25) is 25.0 Å². The lowest BCUT2D eigenvalue weighted by molar-refractivity contribution is -0.930. The summed E-state index contributed by atoms with van der Waals surface area (Å²) in [6.07, 6.45) is 1.94. The zero-order chi connectivity index (χ0) is 21.9. The number of hydrogen-bond acceptors (Lipinski definition) is 5. The van der Waals surface area contributed by atoms with Gasteiger partial charge in [-0.15, -0.1) is 0 Å². The molecule has 0 bridgehead atoms. The number of nitrogens with zero attached hydrogens (tertiary/aromatic N) is 3. The van der Waals surface area contributed by atoms with Crippen LogP contribution in [0.1, 0.15) is 43.0 Å². The molecule has 0 spiro atoms. The summed E-state index contributed by atoms with van der Waals surface area (Å²) in [5.41, 5.74) is 0.953. The second-order valence-electron chi connectivity index (χ2n) is 7.92. The molecule has 30 heavy (non-hydrogen) atoms. The molecule has 1 aliphatic rings. The molecule has 3 rings (SSSR count). The van der Waals surface area contributed by atoms with E-state index in [1.807, 2.05) is 7.05 Å². The van der Waals surface area contributed by atoms with Gasteiger partial charge in [-0.05, 0) is 11.6 Å². The van der Waals surface area contributed by atoms with Gasteiger partial charge in [0.05, 0.1) is 35.5 Å². The van der Waals surface area contributed by atoms with Crippen LogP contribution in [0.15, 0.2) is 48.5 Å². The van der Waals surface area contributed by atoms with Crippen LogP contribution < -0.4 is 5.32 Å². The lowest BCUT2D eigenvalue weighted by Gasteiger charge is -2.42. The molecule has 2 atom stereocenters. The van der Waals surface area contributed by atoms with Gasteiger partial charge in [-0.25, -0.2) is 0 Å². The smallest absolute Gasteiger partial charge is 0.278 e. The Morgan fingerprint density at radius 1 is 1.03 bits per heavy atom. The summed E-state index contributed by atoms with van der Waals surface area (Å²) in [4.78, 5) is 34.4. The summed E-state index contributed by atoms with van der Waals surface area (Å²) in [6.45, 7) is 2.97. The maximum atomic E-state index is 12.1. The minimum atomic E-state index is -0.661. The number of carbonyl (C=O) groups excluding carboxylic acids is 1. The second-order valence-corrected chi connectivity index (χ2v) is 7.92. The van der Waals surface area contributed by atoms with Gasteiger partial charge in [0.1, 0.15) is 12.1 Å². The van der Waals surface area contributed by atoms with Crippen LogP contribution in [0.4, 0.5) is 11.4 Å². The first-order valence-electron chi connectivity index (χ1n) is 9.82. The van der Waals surface area contributed by atoms with Crippen LogP contribution in [0, 0.1) is 20.2 Å².